The first-order valence-electron chi connectivity index (χ1n) is 15.0. The van der Waals surface area contributed by atoms with Crippen molar-refractivity contribution in [1.82, 2.24) is 20.1 Å². The number of phenolic OH excluding ortho intramolecular Hbond substituents is 1. The van der Waals surface area contributed by atoms with Crippen molar-refractivity contribution in [2.75, 3.05) is 52.5 Å². The van der Waals surface area contributed by atoms with Gasteiger partial charge in [0.1, 0.15) is 29.4 Å². The molecule has 2 aliphatic heterocycles. The molecular weight excluding hydrogens is 584 g/mol. The summed E-state index contributed by atoms with van der Waals surface area (Å²) in [5.74, 6) is 1.85. The number of aliphatic hydroxyl groups is 1. The van der Waals surface area contributed by atoms with Gasteiger partial charge < -0.3 is 39.3 Å². The molecule has 2 saturated heterocycles. The second-order valence-electron chi connectivity index (χ2n) is 11.5. The molecule has 2 fully saturated rings. The molecule has 4 heterocycles. The predicted octanol–water partition coefficient (Wildman–Crippen LogP) is 3.41. The number of ether oxygens (including phenoxy) is 2. The highest BCUT2D eigenvalue weighted by atomic mass is 32.1. The number of furan rings is 1. The number of phenols is 1. The number of fused-ring (bicyclic) bond motifs is 1. The average Bonchev–Trinajstić information content (AvgIpc) is 3.64. The van der Waals surface area contributed by atoms with Crippen LogP contribution in [0.5, 0.6) is 11.5 Å². The molecule has 0 aliphatic carbocycles. The van der Waals surface area contributed by atoms with Crippen LogP contribution in [-0.2, 0) is 11.3 Å². The molecule has 2 aromatic heterocycles. The van der Waals surface area contributed by atoms with Gasteiger partial charge in [-0.05, 0) is 55.7 Å². The van der Waals surface area contributed by atoms with Crippen LogP contribution in [0.25, 0.3) is 10.2 Å². The molecule has 2 aromatic carbocycles. The molecule has 234 valence electrons. The van der Waals surface area contributed by atoms with Crippen molar-refractivity contribution in [2.45, 2.75) is 38.0 Å². The molecule has 44 heavy (non-hydrogen) atoms. The first-order valence-corrected chi connectivity index (χ1v) is 15.8. The summed E-state index contributed by atoms with van der Waals surface area (Å²) >= 11 is 0.977. The number of thiazole rings is 1. The summed E-state index contributed by atoms with van der Waals surface area (Å²) in [6, 6.07) is 14.6. The summed E-state index contributed by atoms with van der Waals surface area (Å²) in [4.78, 5) is 31.2. The van der Waals surface area contributed by atoms with Crippen LogP contribution in [0.1, 0.15) is 46.4 Å². The fourth-order valence-electron chi connectivity index (χ4n) is 5.97. The average molecular weight is 623 g/mol. The van der Waals surface area contributed by atoms with E-state index in [1.54, 1.807) is 12.1 Å². The van der Waals surface area contributed by atoms with Gasteiger partial charge in [0.15, 0.2) is 5.76 Å². The highest BCUT2D eigenvalue weighted by Crippen LogP contribution is 2.32. The van der Waals surface area contributed by atoms with Gasteiger partial charge in [-0.1, -0.05) is 29.5 Å². The summed E-state index contributed by atoms with van der Waals surface area (Å²) in [6.45, 7) is 7.57. The maximum Gasteiger partial charge on any atom is 0.305 e. The van der Waals surface area contributed by atoms with Crippen LogP contribution in [0.3, 0.4) is 0 Å². The number of aromatic hydroxyl groups is 1. The minimum Gasteiger partial charge on any atom is -0.506 e. The van der Waals surface area contributed by atoms with Gasteiger partial charge in [-0.2, -0.15) is 0 Å². The van der Waals surface area contributed by atoms with Crippen molar-refractivity contribution < 1.29 is 28.9 Å². The Balaban J connectivity index is 0.910. The zero-order valence-corrected chi connectivity index (χ0v) is 25.5. The van der Waals surface area contributed by atoms with E-state index in [2.05, 4.69) is 15.2 Å². The first-order chi connectivity index (χ1) is 21.3. The molecule has 2 aliphatic rings. The van der Waals surface area contributed by atoms with Gasteiger partial charge in [-0.3, -0.25) is 14.5 Å². The van der Waals surface area contributed by atoms with E-state index >= 15 is 0 Å². The molecule has 0 bridgehead atoms. The lowest BCUT2D eigenvalue weighted by Gasteiger charge is -2.47. The van der Waals surface area contributed by atoms with Crippen LogP contribution >= 0.6 is 11.3 Å². The van der Waals surface area contributed by atoms with Gasteiger partial charge in [-0.15, -0.1) is 0 Å². The van der Waals surface area contributed by atoms with E-state index in [9.17, 15) is 19.8 Å². The van der Waals surface area contributed by atoms with Crippen molar-refractivity contribution in [3.63, 3.8) is 0 Å². The molecule has 4 aromatic rings. The smallest absolute Gasteiger partial charge is 0.305 e. The number of aromatic amines is 1. The fraction of sp³-hybridized carbons (Fsp3) is 0.438. The van der Waals surface area contributed by atoms with Crippen LogP contribution in [0.4, 0.5) is 0 Å². The van der Waals surface area contributed by atoms with Crippen molar-refractivity contribution in [3.8, 4) is 11.5 Å². The third kappa shape index (κ3) is 6.84. The number of aliphatic hydroxyl groups excluding tert-OH is 1. The van der Waals surface area contributed by atoms with Crippen molar-refractivity contribution in [2.24, 2.45) is 0 Å². The largest absolute Gasteiger partial charge is 0.506 e. The number of likely N-dealkylation sites (tertiary alicyclic amines) is 1. The number of carbonyl (C=O) groups excluding carboxylic acids is 1. The number of aryl methyl sites for hydroxylation is 1. The topological polar surface area (TPSA) is 140 Å². The Morgan fingerprint density at radius 2 is 1.93 bits per heavy atom. The summed E-state index contributed by atoms with van der Waals surface area (Å²) in [5, 5.41) is 23.9. The number of aromatic nitrogens is 1. The Morgan fingerprint density at radius 1 is 1.14 bits per heavy atom. The van der Waals surface area contributed by atoms with Crippen LogP contribution in [0.15, 0.2) is 57.7 Å². The minimum absolute atomic E-state index is 0.00866. The number of hydrogen-bond donors (Lipinski definition) is 4. The summed E-state index contributed by atoms with van der Waals surface area (Å²) in [5.41, 5.74) is 1.71. The highest BCUT2D eigenvalue weighted by Gasteiger charge is 2.41. The maximum atomic E-state index is 12.9. The summed E-state index contributed by atoms with van der Waals surface area (Å²) in [7, 11) is 0. The maximum absolute atomic E-state index is 12.9. The molecule has 1 unspecified atom stereocenters. The zero-order valence-electron chi connectivity index (χ0n) is 24.7. The van der Waals surface area contributed by atoms with Gasteiger partial charge in [0, 0.05) is 44.8 Å². The number of amides is 1. The number of H-pyrrole nitrogens is 1. The lowest BCUT2D eigenvalue weighted by molar-refractivity contribution is -0.127. The van der Waals surface area contributed by atoms with E-state index in [0.717, 1.165) is 60.9 Å². The predicted molar refractivity (Wildman–Crippen MR) is 166 cm³/mol. The molecule has 0 radical (unpaired) electrons. The molecule has 0 saturated carbocycles. The molecular formula is C32H38N4O7S. The van der Waals surface area contributed by atoms with E-state index in [4.69, 9.17) is 13.9 Å². The van der Waals surface area contributed by atoms with E-state index < -0.39 is 6.10 Å². The fourth-order valence-corrected chi connectivity index (χ4v) is 6.89. The molecule has 11 nitrogen and oxygen atoms in total. The van der Waals surface area contributed by atoms with Gasteiger partial charge in [0.25, 0.3) is 5.91 Å². The van der Waals surface area contributed by atoms with Gasteiger partial charge in [-0.25, -0.2) is 0 Å². The lowest BCUT2D eigenvalue weighted by Crippen LogP contribution is -2.58. The number of morpholine rings is 1. The summed E-state index contributed by atoms with van der Waals surface area (Å²) < 4.78 is 18.4. The lowest BCUT2D eigenvalue weighted by atomic mass is 9.89. The Kier molecular flexibility index (Phi) is 9.06. The second kappa shape index (κ2) is 13.1. The number of carbonyl (C=O) groups is 1. The van der Waals surface area contributed by atoms with E-state index in [1.165, 1.54) is 6.07 Å². The van der Waals surface area contributed by atoms with E-state index in [-0.39, 0.29) is 22.1 Å². The molecule has 1 spiro atoms. The first kappa shape index (κ1) is 30.4. The molecule has 1 amide bonds. The van der Waals surface area contributed by atoms with Gasteiger partial charge in [0.05, 0.1) is 29.6 Å². The Morgan fingerprint density at radius 3 is 2.68 bits per heavy atom. The number of hydrogen-bond acceptors (Lipinski definition) is 10. The minimum atomic E-state index is -0.825. The van der Waals surface area contributed by atoms with Crippen LogP contribution in [0, 0.1) is 6.92 Å². The normalized spacial score (nSPS) is 17.7. The summed E-state index contributed by atoms with van der Waals surface area (Å²) in [6.07, 6.45) is 0.912. The highest BCUT2D eigenvalue weighted by molar-refractivity contribution is 7.16. The van der Waals surface area contributed by atoms with Crippen molar-refractivity contribution >= 4 is 27.5 Å². The standard InChI is InChI=1S/C32H38N4O7S/c1-21-2-9-27(43-21)30(39)36-15-17-42-32(20-36)10-12-35(13-11-32)14-16-41-23-5-3-22(4-6-23)18-33-19-26(38)24-7-8-25(37)28-29(24)44-31(40)34-28/h2-9,26,33,37-38H,10-20H2,1H3,(H,34,40). The van der Waals surface area contributed by atoms with Crippen LogP contribution < -0.4 is 14.9 Å². The van der Waals surface area contributed by atoms with E-state index in [1.807, 2.05) is 42.2 Å². The number of nitrogens with zero attached hydrogens (tertiary/aromatic N) is 2. The zero-order chi connectivity index (χ0) is 30.7. The Labute approximate surface area is 259 Å². The molecule has 4 N–H and O–H groups in total. The quantitative estimate of drug-likeness (QED) is 0.210. The third-order valence-electron chi connectivity index (χ3n) is 8.47. The van der Waals surface area contributed by atoms with Crippen molar-refractivity contribution in [3.05, 3.63) is 80.8 Å². The second-order valence-corrected chi connectivity index (χ2v) is 12.5. The van der Waals surface area contributed by atoms with Gasteiger partial charge in [0.2, 0.25) is 0 Å². The van der Waals surface area contributed by atoms with Crippen molar-refractivity contribution in [1.29, 1.82) is 0 Å². The van der Waals surface area contributed by atoms with Crippen LogP contribution in [0.2, 0.25) is 0 Å². The third-order valence-corrected chi connectivity index (χ3v) is 9.40. The van der Waals surface area contributed by atoms with Crippen LogP contribution in [-0.4, -0.2) is 89.0 Å². The molecule has 1 atom stereocenters. The number of rotatable bonds is 10. The SMILES string of the molecule is Cc1ccc(C(=O)N2CCOC3(CCN(CCOc4ccc(CNCC(O)c5ccc(O)c6[nH]c(=O)sc56)cc4)CC3)C2)o1. The Bertz CT molecular complexity index is 1640. The Hall–Kier alpha value is -3.68. The van der Waals surface area contributed by atoms with Gasteiger partial charge >= 0.3 is 4.87 Å². The molecule has 12 heteroatoms. The number of nitrogens with one attached hydrogen (secondary N) is 2. The number of benzene rings is 2. The number of piperidine rings is 1. The molecule has 6 rings (SSSR count). The van der Waals surface area contributed by atoms with E-state index in [0.29, 0.717) is 60.9 Å². The monoisotopic (exact) mass is 622 g/mol.